The predicted octanol–water partition coefficient (Wildman–Crippen LogP) is 3.93. The van der Waals surface area contributed by atoms with E-state index in [9.17, 15) is 4.39 Å². The maximum Gasteiger partial charge on any atom is 0.161 e. The van der Waals surface area contributed by atoms with Gasteiger partial charge in [-0.1, -0.05) is 18.5 Å². The molecule has 100 valence electrons. The lowest BCUT2D eigenvalue weighted by Crippen LogP contribution is -2.03. The summed E-state index contributed by atoms with van der Waals surface area (Å²) in [5.41, 5.74) is 1.49. The molecular formula is C14H15ClFN3. The number of aromatic nitrogens is 2. The van der Waals surface area contributed by atoms with Gasteiger partial charge in [0.05, 0.1) is 0 Å². The van der Waals surface area contributed by atoms with Gasteiger partial charge in [-0.15, -0.1) is 0 Å². The second-order valence-corrected chi connectivity index (χ2v) is 4.55. The van der Waals surface area contributed by atoms with E-state index in [0.29, 0.717) is 16.4 Å². The zero-order chi connectivity index (χ0) is 13.8. The monoisotopic (exact) mass is 279 g/mol. The number of anilines is 1. The van der Waals surface area contributed by atoms with Crippen LogP contribution >= 0.6 is 11.6 Å². The Morgan fingerprint density at radius 3 is 2.58 bits per heavy atom. The standard InChI is InChI=1S/C14H15ClFN3/c1-3-12-8-13(17-4-2)19-14(18-12)9-5-10(15)7-11(16)6-9/h5-8H,3-4H2,1-2H3,(H,17,18,19). The van der Waals surface area contributed by atoms with E-state index in [1.165, 1.54) is 12.1 Å². The molecule has 0 fully saturated rings. The van der Waals surface area contributed by atoms with Crippen LogP contribution in [0.4, 0.5) is 10.2 Å². The summed E-state index contributed by atoms with van der Waals surface area (Å²) in [6.45, 7) is 4.77. The molecule has 0 bridgehead atoms. The van der Waals surface area contributed by atoms with Gasteiger partial charge in [-0.2, -0.15) is 0 Å². The molecule has 0 aliphatic heterocycles. The third-order valence-corrected chi connectivity index (χ3v) is 2.84. The van der Waals surface area contributed by atoms with Crippen molar-refractivity contribution in [1.82, 2.24) is 9.97 Å². The van der Waals surface area contributed by atoms with Crippen molar-refractivity contribution in [2.24, 2.45) is 0 Å². The van der Waals surface area contributed by atoms with Crippen molar-refractivity contribution in [3.8, 4) is 11.4 Å². The molecule has 1 aromatic heterocycles. The maximum atomic E-state index is 13.4. The Labute approximate surface area is 116 Å². The first-order chi connectivity index (χ1) is 9.12. The number of hydrogen-bond acceptors (Lipinski definition) is 3. The molecule has 0 atom stereocenters. The fourth-order valence-electron chi connectivity index (χ4n) is 1.76. The molecule has 0 saturated heterocycles. The third-order valence-electron chi connectivity index (χ3n) is 2.62. The molecule has 0 amide bonds. The van der Waals surface area contributed by atoms with E-state index >= 15 is 0 Å². The van der Waals surface area contributed by atoms with Gasteiger partial charge in [-0.3, -0.25) is 0 Å². The first kappa shape index (κ1) is 13.7. The summed E-state index contributed by atoms with van der Waals surface area (Å²) in [5.74, 6) is 0.833. The third kappa shape index (κ3) is 3.41. The Morgan fingerprint density at radius 2 is 1.95 bits per heavy atom. The van der Waals surface area contributed by atoms with E-state index < -0.39 is 5.82 Å². The van der Waals surface area contributed by atoms with E-state index in [1.54, 1.807) is 6.07 Å². The van der Waals surface area contributed by atoms with Gasteiger partial charge in [0, 0.05) is 28.9 Å². The summed E-state index contributed by atoms with van der Waals surface area (Å²) < 4.78 is 13.4. The number of aryl methyl sites for hydroxylation is 1. The van der Waals surface area contributed by atoms with Crippen LogP contribution in [0.3, 0.4) is 0 Å². The number of nitrogens with zero attached hydrogens (tertiary/aromatic N) is 2. The molecule has 5 heteroatoms. The number of rotatable bonds is 4. The first-order valence-electron chi connectivity index (χ1n) is 6.20. The molecule has 0 radical (unpaired) electrons. The topological polar surface area (TPSA) is 37.8 Å². The molecule has 0 spiro atoms. The molecular weight excluding hydrogens is 265 g/mol. The lowest BCUT2D eigenvalue weighted by atomic mass is 10.2. The average molecular weight is 280 g/mol. The van der Waals surface area contributed by atoms with Gasteiger partial charge in [0.2, 0.25) is 0 Å². The minimum Gasteiger partial charge on any atom is -0.370 e. The Morgan fingerprint density at radius 1 is 1.16 bits per heavy atom. The molecule has 1 aromatic carbocycles. The lowest BCUT2D eigenvalue weighted by molar-refractivity contribution is 0.628. The van der Waals surface area contributed by atoms with Crippen LogP contribution < -0.4 is 5.32 Å². The number of nitrogens with one attached hydrogen (secondary N) is 1. The zero-order valence-electron chi connectivity index (χ0n) is 10.9. The fraction of sp³-hybridized carbons (Fsp3) is 0.286. The molecule has 0 unspecified atom stereocenters. The van der Waals surface area contributed by atoms with Crippen molar-refractivity contribution in [2.75, 3.05) is 11.9 Å². The van der Waals surface area contributed by atoms with E-state index in [2.05, 4.69) is 15.3 Å². The minimum atomic E-state index is -0.391. The number of halogens is 2. The van der Waals surface area contributed by atoms with Crippen LogP contribution in [0.15, 0.2) is 24.3 Å². The van der Waals surface area contributed by atoms with Crippen molar-refractivity contribution < 1.29 is 4.39 Å². The van der Waals surface area contributed by atoms with Gasteiger partial charge in [0.25, 0.3) is 0 Å². The molecule has 1 N–H and O–H groups in total. The van der Waals surface area contributed by atoms with Crippen molar-refractivity contribution in [1.29, 1.82) is 0 Å². The van der Waals surface area contributed by atoms with Crippen molar-refractivity contribution in [3.63, 3.8) is 0 Å². The van der Waals surface area contributed by atoms with Gasteiger partial charge in [-0.05, 0) is 31.5 Å². The van der Waals surface area contributed by atoms with Crippen LogP contribution in [0, 0.1) is 5.82 Å². The largest absolute Gasteiger partial charge is 0.370 e. The quantitative estimate of drug-likeness (QED) is 0.921. The number of benzene rings is 1. The predicted molar refractivity (Wildman–Crippen MR) is 76.0 cm³/mol. The minimum absolute atomic E-state index is 0.338. The summed E-state index contributed by atoms with van der Waals surface area (Å²) >= 11 is 5.86. The van der Waals surface area contributed by atoms with E-state index in [4.69, 9.17) is 11.6 Å². The van der Waals surface area contributed by atoms with E-state index in [-0.39, 0.29) is 0 Å². The molecule has 2 rings (SSSR count). The second-order valence-electron chi connectivity index (χ2n) is 4.11. The lowest BCUT2D eigenvalue weighted by Gasteiger charge is -2.08. The molecule has 0 aliphatic rings. The van der Waals surface area contributed by atoms with Crippen molar-refractivity contribution in [2.45, 2.75) is 20.3 Å². The Bertz CT molecular complexity index is 567. The Hall–Kier alpha value is -1.68. The average Bonchev–Trinajstić information content (AvgIpc) is 2.37. The number of hydrogen-bond donors (Lipinski definition) is 1. The van der Waals surface area contributed by atoms with Crippen LogP contribution in [0.1, 0.15) is 19.5 Å². The molecule has 0 saturated carbocycles. The van der Waals surface area contributed by atoms with Crippen LogP contribution in [0.25, 0.3) is 11.4 Å². The van der Waals surface area contributed by atoms with Gasteiger partial charge in [0.1, 0.15) is 11.6 Å². The van der Waals surface area contributed by atoms with Crippen LogP contribution in [-0.4, -0.2) is 16.5 Å². The Kier molecular flexibility index (Phi) is 4.32. The van der Waals surface area contributed by atoms with Crippen molar-refractivity contribution >= 4 is 17.4 Å². The Balaban J connectivity index is 2.50. The van der Waals surface area contributed by atoms with E-state index in [0.717, 1.165) is 24.5 Å². The molecule has 0 aliphatic carbocycles. The molecule has 3 nitrogen and oxygen atoms in total. The van der Waals surface area contributed by atoms with Crippen LogP contribution in [0.5, 0.6) is 0 Å². The zero-order valence-corrected chi connectivity index (χ0v) is 11.6. The highest BCUT2D eigenvalue weighted by Gasteiger charge is 2.08. The summed E-state index contributed by atoms with van der Waals surface area (Å²) in [5, 5.41) is 3.48. The van der Waals surface area contributed by atoms with Gasteiger partial charge in [-0.25, -0.2) is 14.4 Å². The normalized spacial score (nSPS) is 10.5. The van der Waals surface area contributed by atoms with Crippen LogP contribution in [-0.2, 0) is 6.42 Å². The first-order valence-corrected chi connectivity index (χ1v) is 6.58. The molecule has 19 heavy (non-hydrogen) atoms. The highest BCUT2D eigenvalue weighted by atomic mass is 35.5. The van der Waals surface area contributed by atoms with Gasteiger partial charge >= 0.3 is 0 Å². The summed E-state index contributed by atoms with van der Waals surface area (Å²) in [7, 11) is 0. The smallest absolute Gasteiger partial charge is 0.161 e. The van der Waals surface area contributed by atoms with E-state index in [1.807, 2.05) is 19.9 Å². The van der Waals surface area contributed by atoms with Crippen LogP contribution in [0.2, 0.25) is 5.02 Å². The maximum absolute atomic E-state index is 13.4. The summed E-state index contributed by atoms with van der Waals surface area (Å²) in [4.78, 5) is 8.79. The van der Waals surface area contributed by atoms with Crippen molar-refractivity contribution in [3.05, 3.63) is 40.8 Å². The SMILES string of the molecule is CCNc1cc(CC)nc(-c2cc(F)cc(Cl)c2)n1. The second kappa shape index (κ2) is 5.97. The highest BCUT2D eigenvalue weighted by Crippen LogP contribution is 2.23. The fourth-order valence-corrected chi connectivity index (χ4v) is 1.98. The highest BCUT2D eigenvalue weighted by molar-refractivity contribution is 6.30. The van der Waals surface area contributed by atoms with Gasteiger partial charge < -0.3 is 5.32 Å². The van der Waals surface area contributed by atoms with Gasteiger partial charge in [0.15, 0.2) is 5.82 Å². The summed E-state index contributed by atoms with van der Waals surface area (Å²) in [6, 6.07) is 6.21. The molecule has 2 aromatic rings. The molecule has 1 heterocycles. The summed E-state index contributed by atoms with van der Waals surface area (Å²) in [6.07, 6.45) is 0.789.